The number of hydrogen-bond acceptors (Lipinski definition) is 3. The molecule has 1 aromatic rings. The maximum absolute atomic E-state index is 12.0. The van der Waals surface area contributed by atoms with Gasteiger partial charge in [0.2, 0.25) is 0 Å². The van der Waals surface area contributed by atoms with Crippen LogP contribution in [0.15, 0.2) is 6.20 Å². The normalized spacial score (nSPS) is 12.2. The maximum atomic E-state index is 12.0. The van der Waals surface area contributed by atoms with Crippen molar-refractivity contribution in [3.05, 3.63) is 17.5 Å². The van der Waals surface area contributed by atoms with Gasteiger partial charge in [-0.3, -0.25) is 9.48 Å². The highest BCUT2D eigenvalue weighted by Crippen LogP contribution is 2.09. The average Bonchev–Trinajstić information content (AvgIpc) is 2.71. The van der Waals surface area contributed by atoms with Gasteiger partial charge >= 0.3 is 5.97 Å². The Hall–Kier alpha value is -1.85. The van der Waals surface area contributed by atoms with E-state index in [0.29, 0.717) is 0 Å². The van der Waals surface area contributed by atoms with E-state index in [9.17, 15) is 9.59 Å². The minimum Gasteiger partial charge on any atom is -0.477 e. The number of nitrogens with zero attached hydrogens (tertiary/aromatic N) is 2. The van der Waals surface area contributed by atoms with Crippen molar-refractivity contribution in [1.82, 2.24) is 15.1 Å². The first-order chi connectivity index (χ1) is 8.97. The van der Waals surface area contributed by atoms with E-state index < -0.39 is 5.97 Å². The number of aromatic carboxylic acids is 1. The first-order valence-electron chi connectivity index (χ1n) is 6.53. The van der Waals surface area contributed by atoms with Crippen molar-refractivity contribution in [2.45, 2.75) is 45.6 Å². The van der Waals surface area contributed by atoms with E-state index in [1.807, 2.05) is 6.92 Å². The molecule has 0 spiro atoms. The molecular weight excluding hydrogens is 246 g/mol. The van der Waals surface area contributed by atoms with Crippen LogP contribution in [0.1, 0.15) is 60.4 Å². The van der Waals surface area contributed by atoms with Crippen molar-refractivity contribution in [3.63, 3.8) is 0 Å². The lowest BCUT2D eigenvalue weighted by molar-refractivity contribution is 0.0678. The predicted molar refractivity (Wildman–Crippen MR) is 71.2 cm³/mol. The van der Waals surface area contributed by atoms with Crippen LogP contribution in [0.5, 0.6) is 0 Å². The molecule has 0 saturated heterocycles. The predicted octanol–water partition coefficient (Wildman–Crippen LogP) is 1.82. The fourth-order valence-electron chi connectivity index (χ4n) is 1.93. The van der Waals surface area contributed by atoms with Gasteiger partial charge in [-0.2, -0.15) is 5.10 Å². The first-order valence-corrected chi connectivity index (χ1v) is 6.53. The lowest BCUT2D eigenvalue weighted by Gasteiger charge is -2.13. The minimum absolute atomic E-state index is 0.0286. The third kappa shape index (κ3) is 4.08. The molecule has 0 radical (unpaired) electrons. The summed E-state index contributed by atoms with van der Waals surface area (Å²) in [7, 11) is 1.50. The van der Waals surface area contributed by atoms with Crippen LogP contribution < -0.4 is 5.32 Å². The van der Waals surface area contributed by atoms with E-state index in [2.05, 4.69) is 17.3 Å². The van der Waals surface area contributed by atoms with Crippen molar-refractivity contribution in [1.29, 1.82) is 0 Å². The molecule has 0 bridgehead atoms. The number of carbonyl (C=O) groups excluding carboxylic acids is 1. The Labute approximate surface area is 112 Å². The number of amides is 1. The summed E-state index contributed by atoms with van der Waals surface area (Å²) in [6.07, 6.45) is 5.50. The lowest BCUT2D eigenvalue weighted by Crippen LogP contribution is -2.33. The summed E-state index contributed by atoms with van der Waals surface area (Å²) >= 11 is 0. The standard InChI is InChI=1S/C13H21N3O3/c1-4-5-6-7-9(2)15-12(17)10-8-14-16(3)11(10)13(18)19/h8-9H,4-7H2,1-3H3,(H,15,17)(H,18,19). The van der Waals surface area contributed by atoms with Crippen LogP contribution in [0.25, 0.3) is 0 Å². The fraction of sp³-hybridized carbons (Fsp3) is 0.615. The Morgan fingerprint density at radius 1 is 1.47 bits per heavy atom. The second kappa shape index (κ2) is 6.92. The zero-order valence-electron chi connectivity index (χ0n) is 11.6. The molecule has 0 aliphatic carbocycles. The van der Waals surface area contributed by atoms with Crippen LogP contribution >= 0.6 is 0 Å². The Balaban J connectivity index is 2.66. The summed E-state index contributed by atoms with van der Waals surface area (Å²) < 4.78 is 1.19. The maximum Gasteiger partial charge on any atom is 0.354 e. The van der Waals surface area contributed by atoms with Gasteiger partial charge in [0.15, 0.2) is 5.69 Å². The molecule has 2 N–H and O–H groups in total. The van der Waals surface area contributed by atoms with Gasteiger partial charge in [-0.1, -0.05) is 26.2 Å². The zero-order valence-corrected chi connectivity index (χ0v) is 11.6. The summed E-state index contributed by atoms with van der Waals surface area (Å²) in [4.78, 5) is 23.1. The molecule has 1 amide bonds. The number of rotatable bonds is 7. The number of carboxylic acid groups (broad SMARTS) is 1. The van der Waals surface area contributed by atoms with E-state index >= 15 is 0 Å². The van der Waals surface area contributed by atoms with Crippen molar-refractivity contribution in [2.24, 2.45) is 7.05 Å². The highest BCUT2D eigenvalue weighted by molar-refractivity contribution is 6.03. The summed E-state index contributed by atoms with van der Waals surface area (Å²) in [5.41, 5.74) is 0.0237. The summed E-state index contributed by atoms with van der Waals surface area (Å²) in [5, 5.41) is 15.7. The van der Waals surface area contributed by atoms with Crippen LogP contribution in [0.4, 0.5) is 0 Å². The van der Waals surface area contributed by atoms with Crippen LogP contribution in [0.2, 0.25) is 0 Å². The molecule has 0 saturated carbocycles. The smallest absolute Gasteiger partial charge is 0.354 e. The van der Waals surface area contributed by atoms with Gasteiger partial charge in [0.1, 0.15) is 0 Å². The van der Waals surface area contributed by atoms with Crippen molar-refractivity contribution < 1.29 is 14.7 Å². The number of carboxylic acids is 1. The first kappa shape index (κ1) is 15.2. The topological polar surface area (TPSA) is 84.2 Å². The SMILES string of the molecule is CCCCCC(C)NC(=O)c1cnn(C)c1C(=O)O. The van der Waals surface area contributed by atoms with E-state index in [1.165, 1.54) is 17.9 Å². The molecule has 1 rings (SSSR count). The Morgan fingerprint density at radius 3 is 2.74 bits per heavy atom. The Morgan fingerprint density at radius 2 is 2.16 bits per heavy atom. The number of aromatic nitrogens is 2. The van der Waals surface area contributed by atoms with Crippen LogP contribution in [-0.4, -0.2) is 32.8 Å². The van der Waals surface area contributed by atoms with Gasteiger partial charge in [0, 0.05) is 13.1 Å². The highest BCUT2D eigenvalue weighted by Gasteiger charge is 2.22. The molecule has 106 valence electrons. The monoisotopic (exact) mass is 267 g/mol. The Bertz CT molecular complexity index is 454. The molecule has 1 atom stereocenters. The highest BCUT2D eigenvalue weighted by atomic mass is 16.4. The van der Waals surface area contributed by atoms with E-state index in [0.717, 1.165) is 25.7 Å². The summed E-state index contributed by atoms with van der Waals surface area (Å²) in [6.45, 7) is 4.04. The van der Waals surface area contributed by atoms with E-state index in [4.69, 9.17) is 5.11 Å². The van der Waals surface area contributed by atoms with Gasteiger partial charge in [-0.05, 0) is 13.3 Å². The van der Waals surface area contributed by atoms with Gasteiger partial charge < -0.3 is 10.4 Å². The number of unbranched alkanes of at least 4 members (excludes halogenated alkanes) is 2. The Kier molecular flexibility index (Phi) is 5.54. The van der Waals surface area contributed by atoms with Gasteiger partial charge in [0.05, 0.1) is 11.8 Å². The molecule has 0 aliphatic rings. The molecule has 1 heterocycles. The van der Waals surface area contributed by atoms with Gasteiger partial charge in [0.25, 0.3) is 5.91 Å². The molecule has 0 fully saturated rings. The molecular formula is C13H21N3O3. The van der Waals surface area contributed by atoms with E-state index in [-0.39, 0.29) is 23.2 Å². The third-order valence-corrected chi connectivity index (χ3v) is 3.00. The largest absolute Gasteiger partial charge is 0.477 e. The quantitative estimate of drug-likeness (QED) is 0.738. The number of nitrogens with one attached hydrogen (secondary N) is 1. The summed E-state index contributed by atoms with van der Waals surface area (Å²) in [5.74, 6) is -1.53. The number of hydrogen-bond donors (Lipinski definition) is 2. The number of carbonyl (C=O) groups is 2. The molecule has 6 heteroatoms. The second-order valence-corrected chi connectivity index (χ2v) is 4.71. The molecule has 19 heavy (non-hydrogen) atoms. The van der Waals surface area contributed by atoms with E-state index in [1.54, 1.807) is 0 Å². The zero-order chi connectivity index (χ0) is 14.4. The molecule has 1 aromatic heterocycles. The van der Waals surface area contributed by atoms with Gasteiger partial charge in [-0.25, -0.2) is 4.79 Å². The van der Waals surface area contributed by atoms with Crippen LogP contribution in [0.3, 0.4) is 0 Å². The molecule has 6 nitrogen and oxygen atoms in total. The van der Waals surface area contributed by atoms with Crippen molar-refractivity contribution in [3.8, 4) is 0 Å². The van der Waals surface area contributed by atoms with Crippen LogP contribution in [-0.2, 0) is 7.05 Å². The van der Waals surface area contributed by atoms with Crippen LogP contribution in [0, 0.1) is 0 Å². The second-order valence-electron chi connectivity index (χ2n) is 4.71. The van der Waals surface area contributed by atoms with Gasteiger partial charge in [-0.15, -0.1) is 0 Å². The molecule has 0 aromatic carbocycles. The molecule has 0 aliphatic heterocycles. The fourth-order valence-corrected chi connectivity index (χ4v) is 1.93. The minimum atomic E-state index is -1.15. The van der Waals surface area contributed by atoms with Crippen molar-refractivity contribution >= 4 is 11.9 Å². The molecule has 1 unspecified atom stereocenters. The van der Waals surface area contributed by atoms with Crippen molar-refractivity contribution in [2.75, 3.05) is 0 Å². The summed E-state index contributed by atoms with van der Waals surface area (Å²) in [6, 6.07) is 0.0286. The lowest BCUT2D eigenvalue weighted by atomic mass is 10.1. The third-order valence-electron chi connectivity index (χ3n) is 3.00. The number of aryl methyl sites for hydroxylation is 1. The average molecular weight is 267 g/mol.